The number of hydrogen-bond donors (Lipinski definition) is 2. The number of nitrogens with one attached hydrogen (secondary N) is 1. The molecule has 3 amide bonds. The molecule has 1 spiro atoms. The average molecular weight is 508 g/mol. The highest BCUT2D eigenvalue weighted by atomic mass is 35.5. The lowest BCUT2D eigenvalue weighted by molar-refractivity contribution is -0.133. The van der Waals surface area contributed by atoms with E-state index in [-0.39, 0.29) is 40.1 Å². The van der Waals surface area contributed by atoms with Gasteiger partial charge in [-0.3, -0.25) is 14.4 Å². The number of rotatable bonds is 5. The van der Waals surface area contributed by atoms with Gasteiger partial charge < -0.3 is 20.5 Å². The number of nitrogens with two attached hydrogens (primary N) is 1. The summed E-state index contributed by atoms with van der Waals surface area (Å²) < 4.78 is 29.1. The summed E-state index contributed by atoms with van der Waals surface area (Å²) in [6, 6.07) is 1.56. The molecule has 188 valence electrons. The van der Waals surface area contributed by atoms with Crippen LogP contribution in [0, 0.1) is 17.0 Å². The maximum atomic E-state index is 13.9. The first-order valence-corrected chi connectivity index (χ1v) is 12.1. The number of amides is 3. The van der Waals surface area contributed by atoms with Gasteiger partial charge >= 0.3 is 0 Å². The molecule has 1 saturated carbocycles. The van der Waals surface area contributed by atoms with Crippen molar-refractivity contribution in [3.8, 4) is 0 Å². The minimum absolute atomic E-state index is 0.0142. The van der Waals surface area contributed by atoms with Gasteiger partial charge in [0, 0.05) is 30.1 Å². The third kappa shape index (κ3) is 4.63. The molecule has 1 aromatic carbocycles. The zero-order valence-electron chi connectivity index (χ0n) is 19.6. The Morgan fingerprint density at radius 2 is 1.86 bits per heavy atom. The van der Waals surface area contributed by atoms with Gasteiger partial charge in [-0.15, -0.1) is 0 Å². The zero-order valence-corrected chi connectivity index (χ0v) is 20.4. The Kier molecular flexibility index (Phi) is 6.86. The molecule has 2 aliphatic rings. The number of nitrogens with zero attached hydrogens (tertiary/aromatic N) is 3. The minimum Gasteiger partial charge on any atom is -0.364 e. The summed E-state index contributed by atoms with van der Waals surface area (Å²) in [5.74, 6) is -3.50. The lowest BCUT2D eigenvalue weighted by Crippen LogP contribution is -2.50. The number of benzene rings is 1. The first-order chi connectivity index (χ1) is 16.5. The predicted octanol–water partition coefficient (Wildman–Crippen LogP) is 3.98. The molecule has 35 heavy (non-hydrogen) atoms. The second-order valence-corrected chi connectivity index (χ2v) is 10.0. The van der Waals surface area contributed by atoms with Crippen molar-refractivity contribution in [2.75, 3.05) is 11.4 Å². The van der Waals surface area contributed by atoms with E-state index in [0.717, 1.165) is 12.1 Å². The molecule has 0 atom stereocenters. The number of imidazole rings is 1. The van der Waals surface area contributed by atoms with Crippen molar-refractivity contribution in [3.05, 3.63) is 46.5 Å². The molecule has 1 saturated heterocycles. The maximum Gasteiger partial charge on any atom is 0.272 e. The van der Waals surface area contributed by atoms with Gasteiger partial charge in [-0.2, -0.15) is 0 Å². The second kappa shape index (κ2) is 9.56. The van der Waals surface area contributed by atoms with Crippen LogP contribution in [0.1, 0.15) is 79.4 Å². The van der Waals surface area contributed by atoms with Gasteiger partial charge in [0.15, 0.2) is 17.3 Å². The Labute approximate surface area is 206 Å². The number of halogens is 3. The topological polar surface area (TPSA) is 110 Å². The van der Waals surface area contributed by atoms with Crippen LogP contribution in [-0.2, 0) is 4.79 Å². The summed E-state index contributed by atoms with van der Waals surface area (Å²) in [7, 11) is 0. The van der Waals surface area contributed by atoms with Crippen molar-refractivity contribution in [1.29, 1.82) is 0 Å². The van der Waals surface area contributed by atoms with Crippen LogP contribution in [0.2, 0.25) is 5.02 Å². The van der Waals surface area contributed by atoms with Gasteiger partial charge in [-0.05, 0) is 58.4 Å². The summed E-state index contributed by atoms with van der Waals surface area (Å²) in [6.07, 6.45) is 5.00. The molecular weight excluding hydrogens is 480 g/mol. The fourth-order valence-corrected chi connectivity index (χ4v) is 5.55. The predicted molar refractivity (Wildman–Crippen MR) is 126 cm³/mol. The van der Waals surface area contributed by atoms with Crippen molar-refractivity contribution in [2.24, 2.45) is 11.1 Å². The molecule has 0 unspecified atom stereocenters. The molecule has 2 heterocycles. The van der Waals surface area contributed by atoms with Crippen LogP contribution in [0.3, 0.4) is 0 Å². The summed E-state index contributed by atoms with van der Waals surface area (Å²) in [4.78, 5) is 43.9. The molecule has 11 heteroatoms. The monoisotopic (exact) mass is 507 g/mol. The second-order valence-electron chi connectivity index (χ2n) is 9.63. The smallest absolute Gasteiger partial charge is 0.272 e. The summed E-state index contributed by atoms with van der Waals surface area (Å²) in [6.45, 7) is 3.98. The molecule has 0 radical (unpaired) electrons. The van der Waals surface area contributed by atoms with E-state index in [0.29, 0.717) is 45.1 Å². The van der Waals surface area contributed by atoms with Crippen molar-refractivity contribution in [1.82, 2.24) is 14.9 Å². The third-order valence-corrected chi connectivity index (χ3v) is 7.29. The first kappa shape index (κ1) is 25.1. The molecule has 3 N–H and O–H groups in total. The van der Waals surface area contributed by atoms with E-state index in [1.807, 2.05) is 0 Å². The SMILES string of the molecule is CC(C)NC(=O)c1ncn(C2CCC3(CCCN(c4cc(F)c(F)cc4Cl)C3=O)CC2)c1C(N)=O. The van der Waals surface area contributed by atoms with Crippen molar-refractivity contribution in [2.45, 2.75) is 64.5 Å². The van der Waals surface area contributed by atoms with Gasteiger partial charge in [-0.25, -0.2) is 13.8 Å². The quantitative estimate of drug-likeness (QED) is 0.596. The molecule has 8 nitrogen and oxygen atoms in total. The lowest BCUT2D eigenvalue weighted by Gasteiger charge is -2.46. The van der Waals surface area contributed by atoms with E-state index in [1.54, 1.807) is 18.4 Å². The van der Waals surface area contributed by atoms with Gasteiger partial charge in [0.05, 0.1) is 17.0 Å². The van der Waals surface area contributed by atoms with E-state index in [2.05, 4.69) is 10.3 Å². The van der Waals surface area contributed by atoms with Crippen LogP contribution >= 0.6 is 11.6 Å². The summed E-state index contributed by atoms with van der Waals surface area (Å²) in [5.41, 5.74) is 5.15. The van der Waals surface area contributed by atoms with Crippen molar-refractivity contribution >= 4 is 35.0 Å². The summed E-state index contributed by atoms with van der Waals surface area (Å²) >= 11 is 6.15. The number of piperidine rings is 1. The number of carbonyl (C=O) groups excluding carboxylic acids is 3. The largest absolute Gasteiger partial charge is 0.364 e. The van der Waals surface area contributed by atoms with E-state index in [4.69, 9.17) is 17.3 Å². The summed E-state index contributed by atoms with van der Waals surface area (Å²) in [5, 5.41) is 2.71. The zero-order chi connectivity index (χ0) is 25.5. The number of primary amides is 1. The van der Waals surface area contributed by atoms with Gasteiger partial charge in [0.2, 0.25) is 5.91 Å². The molecule has 0 bridgehead atoms. The maximum absolute atomic E-state index is 13.9. The molecule has 1 aromatic heterocycles. The van der Waals surface area contributed by atoms with Crippen LogP contribution in [0.4, 0.5) is 14.5 Å². The van der Waals surface area contributed by atoms with Crippen LogP contribution in [0.25, 0.3) is 0 Å². The van der Waals surface area contributed by atoms with Gasteiger partial charge in [0.25, 0.3) is 11.8 Å². The highest BCUT2D eigenvalue weighted by Crippen LogP contribution is 2.49. The average Bonchev–Trinajstić information content (AvgIpc) is 3.24. The van der Waals surface area contributed by atoms with Crippen LogP contribution in [0.15, 0.2) is 18.5 Å². The highest BCUT2D eigenvalue weighted by Gasteiger charge is 2.47. The molecule has 4 rings (SSSR count). The normalized spacial score (nSPS) is 22.6. The number of carbonyl (C=O) groups is 3. The van der Waals surface area contributed by atoms with E-state index in [9.17, 15) is 23.2 Å². The Hall–Kier alpha value is -3.01. The van der Waals surface area contributed by atoms with E-state index in [1.165, 1.54) is 11.2 Å². The molecule has 2 aromatic rings. The van der Waals surface area contributed by atoms with Crippen molar-refractivity contribution in [3.63, 3.8) is 0 Å². The van der Waals surface area contributed by atoms with Crippen LogP contribution in [0.5, 0.6) is 0 Å². The Bertz CT molecular complexity index is 1170. The Morgan fingerprint density at radius 3 is 2.49 bits per heavy atom. The van der Waals surface area contributed by atoms with E-state index >= 15 is 0 Å². The Balaban J connectivity index is 1.55. The molecule has 2 fully saturated rings. The number of hydrogen-bond acceptors (Lipinski definition) is 4. The van der Waals surface area contributed by atoms with Crippen LogP contribution < -0.4 is 16.0 Å². The van der Waals surface area contributed by atoms with Crippen LogP contribution in [-0.4, -0.2) is 39.9 Å². The van der Waals surface area contributed by atoms with Gasteiger partial charge in [-0.1, -0.05) is 11.6 Å². The number of anilines is 1. The lowest BCUT2D eigenvalue weighted by atomic mass is 9.67. The van der Waals surface area contributed by atoms with Crippen molar-refractivity contribution < 1.29 is 23.2 Å². The number of aromatic nitrogens is 2. The molecule has 1 aliphatic heterocycles. The van der Waals surface area contributed by atoms with Gasteiger partial charge in [0.1, 0.15) is 5.69 Å². The highest BCUT2D eigenvalue weighted by molar-refractivity contribution is 6.33. The fourth-order valence-electron chi connectivity index (χ4n) is 5.29. The third-order valence-electron chi connectivity index (χ3n) is 6.98. The standard InChI is InChI=1S/C24H28ClF2N5O3/c1-13(2)30-22(34)19-20(21(28)33)32(12-29-19)14-4-7-24(8-5-14)6-3-9-31(23(24)35)18-11-17(27)16(26)10-15(18)25/h10-14H,3-9H2,1-2H3,(H2,28,33)(H,30,34). The van der Waals surface area contributed by atoms with E-state index < -0.39 is 28.9 Å². The first-order valence-electron chi connectivity index (χ1n) is 11.7. The molecular formula is C24H28ClF2N5O3. The minimum atomic E-state index is -1.06. The molecule has 1 aliphatic carbocycles. The fraction of sp³-hybridized carbons (Fsp3) is 0.500. The Morgan fingerprint density at radius 1 is 1.20 bits per heavy atom.